The second kappa shape index (κ2) is 5.94. The Bertz CT molecular complexity index is 581. The zero-order valence-corrected chi connectivity index (χ0v) is 12.1. The Morgan fingerprint density at radius 3 is 2.95 bits per heavy atom. The summed E-state index contributed by atoms with van der Waals surface area (Å²) in [5, 5.41) is 4.91. The van der Waals surface area contributed by atoms with Crippen LogP contribution >= 0.6 is 0 Å². The van der Waals surface area contributed by atoms with Gasteiger partial charge in [0, 0.05) is 19.6 Å². The Morgan fingerprint density at radius 1 is 1.60 bits per heavy atom. The first-order valence-electron chi connectivity index (χ1n) is 6.47. The van der Waals surface area contributed by atoms with Crippen LogP contribution in [-0.2, 0) is 10.2 Å². The molecule has 1 aromatic rings. The fourth-order valence-electron chi connectivity index (χ4n) is 2.39. The minimum atomic E-state index is -3.68. The number of amides is 1. The van der Waals surface area contributed by atoms with Crippen molar-refractivity contribution in [3.05, 3.63) is 23.7 Å². The lowest BCUT2D eigenvalue weighted by Crippen LogP contribution is -2.44. The third kappa shape index (κ3) is 4.06. The van der Waals surface area contributed by atoms with Crippen molar-refractivity contribution >= 4 is 16.1 Å². The van der Waals surface area contributed by atoms with E-state index >= 15 is 0 Å². The van der Waals surface area contributed by atoms with Gasteiger partial charge in [-0.2, -0.15) is 8.42 Å². The maximum atomic E-state index is 12.3. The molecule has 0 saturated carbocycles. The number of carbonyl (C=O) groups is 1. The van der Waals surface area contributed by atoms with Crippen molar-refractivity contribution < 1.29 is 17.6 Å². The quantitative estimate of drug-likeness (QED) is 0.830. The van der Waals surface area contributed by atoms with Crippen LogP contribution in [0.4, 0.5) is 0 Å². The topological polar surface area (TPSA) is 106 Å². The fourth-order valence-corrected chi connectivity index (χ4v) is 2.86. The number of likely N-dealkylation sites (tertiary alicyclic amines) is 1. The summed E-state index contributed by atoms with van der Waals surface area (Å²) >= 11 is 0. The third-order valence-electron chi connectivity index (χ3n) is 3.36. The molecule has 7 nitrogen and oxygen atoms in total. The van der Waals surface area contributed by atoms with Crippen molar-refractivity contribution in [2.45, 2.75) is 19.8 Å². The predicted molar refractivity (Wildman–Crippen MR) is 73.2 cm³/mol. The van der Waals surface area contributed by atoms with Gasteiger partial charge in [-0.1, -0.05) is 0 Å². The zero-order valence-electron chi connectivity index (χ0n) is 11.3. The SMILES string of the molecule is Cc1cc(C(=O)N2CCCC(CNS(N)(=O)=O)C2)co1. The lowest BCUT2D eigenvalue weighted by Gasteiger charge is -2.32. The molecule has 3 N–H and O–H groups in total. The predicted octanol–water partition coefficient (Wildman–Crippen LogP) is 0.233. The van der Waals surface area contributed by atoms with Crippen molar-refractivity contribution in [1.29, 1.82) is 0 Å². The molecule has 1 aliphatic rings. The number of carbonyl (C=O) groups excluding carboxylic acids is 1. The van der Waals surface area contributed by atoms with Crippen molar-refractivity contribution in [2.24, 2.45) is 11.1 Å². The van der Waals surface area contributed by atoms with Gasteiger partial charge in [-0.25, -0.2) is 9.86 Å². The maximum Gasteiger partial charge on any atom is 0.274 e. The van der Waals surface area contributed by atoms with E-state index in [1.807, 2.05) is 0 Å². The van der Waals surface area contributed by atoms with E-state index in [-0.39, 0.29) is 18.4 Å². The average molecular weight is 301 g/mol. The summed E-state index contributed by atoms with van der Waals surface area (Å²) in [5.74, 6) is 0.693. The number of nitrogens with one attached hydrogen (secondary N) is 1. The van der Waals surface area contributed by atoms with E-state index in [2.05, 4.69) is 4.72 Å². The maximum absolute atomic E-state index is 12.3. The Morgan fingerprint density at radius 2 is 2.35 bits per heavy atom. The number of hydrogen-bond donors (Lipinski definition) is 2. The highest BCUT2D eigenvalue weighted by atomic mass is 32.2. The van der Waals surface area contributed by atoms with E-state index < -0.39 is 10.2 Å². The van der Waals surface area contributed by atoms with Crippen LogP contribution in [0, 0.1) is 12.8 Å². The Labute approximate surface area is 118 Å². The lowest BCUT2D eigenvalue weighted by atomic mass is 9.98. The van der Waals surface area contributed by atoms with Crippen molar-refractivity contribution in [1.82, 2.24) is 9.62 Å². The zero-order chi connectivity index (χ0) is 14.8. The average Bonchev–Trinajstić information content (AvgIpc) is 2.82. The minimum absolute atomic E-state index is 0.0813. The highest BCUT2D eigenvalue weighted by Gasteiger charge is 2.25. The molecule has 0 spiro atoms. The van der Waals surface area contributed by atoms with E-state index in [9.17, 15) is 13.2 Å². The summed E-state index contributed by atoms with van der Waals surface area (Å²) in [5.41, 5.74) is 0.530. The molecule has 1 amide bonds. The highest BCUT2D eigenvalue weighted by Crippen LogP contribution is 2.19. The number of furan rings is 1. The van der Waals surface area contributed by atoms with E-state index in [0.29, 0.717) is 24.4 Å². The second-order valence-corrected chi connectivity index (χ2v) is 6.48. The summed E-state index contributed by atoms with van der Waals surface area (Å²) in [6.07, 6.45) is 3.17. The molecule has 2 rings (SSSR count). The molecule has 112 valence electrons. The molecular formula is C12H19N3O4S. The van der Waals surface area contributed by atoms with Gasteiger partial charge < -0.3 is 9.32 Å². The van der Waals surface area contributed by atoms with Crippen molar-refractivity contribution in [3.8, 4) is 0 Å². The highest BCUT2D eigenvalue weighted by molar-refractivity contribution is 7.87. The van der Waals surface area contributed by atoms with Gasteiger partial charge >= 0.3 is 0 Å². The summed E-state index contributed by atoms with van der Waals surface area (Å²) < 4.78 is 29.2. The fraction of sp³-hybridized carbons (Fsp3) is 0.583. The molecule has 1 aromatic heterocycles. The van der Waals surface area contributed by atoms with Crippen LogP contribution in [0.5, 0.6) is 0 Å². The smallest absolute Gasteiger partial charge is 0.274 e. The molecule has 1 saturated heterocycles. The molecule has 0 aromatic carbocycles. The van der Waals surface area contributed by atoms with Gasteiger partial charge in [0.05, 0.1) is 5.56 Å². The third-order valence-corrected chi connectivity index (χ3v) is 3.93. The van der Waals surface area contributed by atoms with Gasteiger partial charge in [0.25, 0.3) is 16.1 Å². The first-order chi connectivity index (χ1) is 9.35. The van der Waals surface area contributed by atoms with Crippen molar-refractivity contribution in [2.75, 3.05) is 19.6 Å². The number of nitrogens with two attached hydrogens (primary N) is 1. The number of nitrogens with zero attached hydrogens (tertiary/aromatic N) is 1. The summed E-state index contributed by atoms with van der Waals surface area (Å²) in [6.45, 7) is 3.24. The molecule has 8 heteroatoms. The summed E-state index contributed by atoms with van der Waals surface area (Å²) in [6, 6.07) is 1.70. The van der Waals surface area contributed by atoms with Crippen LogP contribution in [-0.4, -0.2) is 38.9 Å². The number of piperidine rings is 1. The lowest BCUT2D eigenvalue weighted by molar-refractivity contribution is 0.0675. The van der Waals surface area contributed by atoms with E-state index in [4.69, 9.17) is 9.56 Å². The molecule has 0 bridgehead atoms. The molecule has 2 heterocycles. The number of rotatable bonds is 4. The van der Waals surface area contributed by atoms with Gasteiger partial charge in [0.2, 0.25) is 0 Å². The Kier molecular flexibility index (Phi) is 4.46. The standard InChI is InChI=1S/C12H19N3O4S/c1-9-5-11(8-19-9)12(16)15-4-2-3-10(7-15)6-14-20(13,17)18/h5,8,10,14H,2-4,6-7H2,1H3,(H2,13,17,18). The molecule has 20 heavy (non-hydrogen) atoms. The first kappa shape index (κ1) is 15.0. The monoisotopic (exact) mass is 301 g/mol. The second-order valence-electron chi connectivity index (χ2n) is 5.10. The molecule has 0 radical (unpaired) electrons. The summed E-state index contributed by atoms with van der Waals surface area (Å²) in [7, 11) is -3.68. The van der Waals surface area contributed by atoms with Gasteiger partial charge in [-0.05, 0) is 31.7 Å². The number of hydrogen-bond acceptors (Lipinski definition) is 4. The van der Waals surface area contributed by atoms with E-state index in [1.54, 1.807) is 17.9 Å². The molecule has 0 aliphatic carbocycles. The molecule has 1 aliphatic heterocycles. The van der Waals surface area contributed by atoms with Crippen molar-refractivity contribution in [3.63, 3.8) is 0 Å². The van der Waals surface area contributed by atoms with Gasteiger partial charge in [0.15, 0.2) is 0 Å². The normalized spacial score (nSPS) is 20.1. The van der Waals surface area contributed by atoms with Crippen LogP contribution in [0.2, 0.25) is 0 Å². The molecule has 1 fully saturated rings. The minimum Gasteiger partial charge on any atom is -0.469 e. The first-order valence-corrected chi connectivity index (χ1v) is 8.01. The van der Waals surface area contributed by atoms with Gasteiger partial charge in [-0.15, -0.1) is 0 Å². The number of aryl methyl sites for hydroxylation is 1. The Hall–Kier alpha value is -1.38. The Balaban J connectivity index is 1.94. The van der Waals surface area contributed by atoms with Gasteiger partial charge in [-0.3, -0.25) is 4.79 Å². The van der Waals surface area contributed by atoms with E-state index in [1.165, 1.54) is 6.26 Å². The molecule has 1 atom stereocenters. The van der Waals surface area contributed by atoms with Gasteiger partial charge in [0.1, 0.15) is 12.0 Å². The van der Waals surface area contributed by atoms with E-state index in [0.717, 1.165) is 12.8 Å². The van der Waals surface area contributed by atoms with Crippen LogP contribution in [0.3, 0.4) is 0 Å². The van der Waals surface area contributed by atoms with Crippen LogP contribution in [0.15, 0.2) is 16.7 Å². The summed E-state index contributed by atoms with van der Waals surface area (Å²) in [4.78, 5) is 14.0. The van der Waals surface area contributed by atoms with Crippen LogP contribution in [0.1, 0.15) is 29.0 Å². The van der Waals surface area contributed by atoms with Crippen LogP contribution in [0.25, 0.3) is 0 Å². The molecular weight excluding hydrogens is 282 g/mol. The molecule has 1 unspecified atom stereocenters. The largest absolute Gasteiger partial charge is 0.469 e. The van der Waals surface area contributed by atoms with Crippen LogP contribution < -0.4 is 9.86 Å².